The van der Waals surface area contributed by atoms with Gasteiger partial charge in [0.25, 0.3) is 5.91 Å². The second kappa shape index (κ2) is 7.84. The van der Waals surface area contributed by atoms with Crippen LogP contribution in [0.15, 0.2) is 30.3 Å². The van der Waals surface area contributed by atoms with Crippen molar-refractivity contribution in [2.24, 2.45) is 0 Å². The first-order chi connectivity index (χ1) is 8.22. The summed E-state index contributed by atoms with van der Waals surface area (Å²) in [6, 6.07) is 7.19. The van der Waals surface area contributed by atoms with Gasteiger partial charge in [-0.1, -0.05) is 23.7 Å². The minimum atomic E-state index is -0.332. The number of nitrogens with one attached hydrogen (secondary N) is 1. The van der Waals surface area contributed by atoms with E-state index in [1.165, 1.54) is 6.08 Å². The highest BCUT2D eigenvalue weighted by atomic mass is 35.5. The predicted molar refractivity (Wildman–Crippen MR) is 66.5 cm³/mol. The first-order valence-corrected chi connectivity index (χ1v) is 5.44. The molecule has 1 aromatic carbocycles. The number of hydrogen-bond donors (Lipinski definition) is 1. The van der Waals surface area contributed by atoms with Crippen molar-refractivity contribution in [2.75, 3.05) is 20.3 Å². The maximum atomic E-state index is 11.3. The Kier molecular flexibility index (Phi) is 6.32. The van der Waals surface area contributed by atoms with Crippen molar-refractivity contribution >= 4 is 23.6 Å². The van der Waals surface area contributed by atoms with Crippen LogP contribution in [0, 0.1) is 0 Å². The zero-order chi connectivity index (χ0) is 12.5. The molecule has 0 fully saturated rings. The molecule has 0 spiro atoms. The third kappa shape index (κ3) is 6.06. The van der Waals surface area contributed by atoms with Crippen molar-refractivity contribution in [3.05, 3.63) is 40.9 Å². The van der Waals surface area contributed by atoms with Crippen molar-refractivity contribution in [2.45, 2.75) is 0 Å². The van der Waals surface area contributed by atoms with Crippen molar-refractivity contribution in [1.82, 2.24) is 5.48 Å². The summed E-state index contributed by atoms with van der Waals surface area (Å²) >= 11 is 5.81. The van der Waals surface area contributed by atoms with Gasteiger partial charge in [0.2, 0.25) is 0 Å². The van der Waals surface area contributed by atoms with Crippen LogP contribution >= 0.6 is 11.6 Å². The third-order valence-corrected chi connectivity index (χ3v) is 2.07. The smallest absolute Gasteiger partial charge is 0.267 e. The van der Waals surface area contributed by atoms with Gasteiger partial charge in [0.05, 0.1) is 13.2 Å². The number of rotatable bonds is 6. The molecule has 0 saturated heterocycles. The summed E-state index contributed by atoms with van der Waals surface area (Å²) in [5.41, 5.74) is 3.12. The highest BCUT2D eigenvalue weighted by molar-refractivity contribution is 6.30. The van der Waals surface area contributed by atoms with Gasteiger partial charge in [-0.3, -0.25) is 9.63 Å². The fraction of sp³-hybridized carbons (Fsp3) is 0.250. The van der Waals surface area contributed by atoms with Crippen molar-refractivity contribution in [3.8, 4) is 0 Å². The molecular weight excluding hydrogens is 242 g/mol. The normalized spacial score (nSPS) is 10.7. The second-order valence-corrected chi connectivity index (χ2v) is 3.63. The fourth-order valence-electron chi connectivity index (χ4n) is 1.06. The van der Waals surface area contributed by atoms with Gasteiger partial charge in [0.1, 0.15) is 0 Å². The van der Waals surface area contributed by atoms with E-state index in [0.29, 0.717) is 18.2 Å². The lowest BCUT2D eigenvalue weighted by atomic mass is 10.2. The molecule has 4 nitrogen and oxygen atoms in total. The van der Waals surface area contributed by atoms with Crippen LogP contribution in [-0.4, -0.2) is 26.2 Å². The molecule has 0 heterocycles. The lowest BCUT2D eigenvalue weighted by Gasteiger charge is -2.01. The van der Waals surface area contributed by atoms with E-state index in [2.05, 4.69) is 5.48 Å². The van der Waals surface area contributed by atoms with Gasteiger partial charge >= 0.3 is 0 Å². The van der Waals surface area contributed by atoms with Crippen LogP contribution in [0.1, 0.15) is 5.56 Å². The molecule has 1 aromatic rings. The molecule has 0 aromatic heterocycles. The van der Waals surface area contributed by atoms with E-state index in [1.54, 1.807) is 25.3 Å². The topological polar surface area (TPSA) is 47.6 Å². The van der Waals surface area contributed by atoms with Crippen LogP contribution in [0.3, 0.4) is 0 Å². The Balaban J connectivity index is 2.35. The Bertz CT molecular complexity index is 393. The standard InChI is InChI=1S/C12H14ClNO3/c1-16-7-8-17-14-12(15)6-5-10-3-2-4-11(13)9-10/h2-6,9H,7-8H2,1H3,(H,14,15)/b6-5+. The molecule has 92 valence electrons. The van der Waals surface area contributed by atoms with Crippen molar-refractivity contribution in [3.63, 3.8) is 0 Å². The average molecular weight is 256 g/mol. The van der Waals surface area contributed by atoms with Crippen LogP contribution in [0.25, 0.3) is 6.08 Å². The lowest BCUT2D eigenvalue weighted by molar-refractivity contribution is -0.129. The zero-order valence-electron chi connectivity index (χ0n) is 9.48. The zero-order valence-corrected chi connectivity index (χ0v) is 10.2. The highest BCUT2D eigenvalue weighted by Crippen LogP contribution is 2.11. The summed E-state index contributed by atoms with van der Waals surface area (Å²) in [7, 11) is 1.56. The van der Waals surface area contributed by atoms with Gasteiger partial charge < -0.3 is 4.74 Å². The van der Waals surface area contributed by atoms with Crippen LogP contribution in [-0.2, 0) is 14.4 Å². The number of ether oxygens (including phenoxy) is 1. The van der Waals surface area contributed by atoms with Crippen LogP contribution in [0.2, 0.25) is 5.02 Å². The minimum Gasteiger partial charge on any atom is -0.382 e. The van der Waals surface area contributed by atoms with Crippen LogP contribution in [0.4, 0.5) is 0 Å². The number of amides is 1. The number of hydroxylamine groups is 1. The largest absolute Gasteiger partial charge is 0.382 e. The number of hydrogen-bond acceptors (Lipinski definition) is 3. The molecule has 1 amide bonds. The van der Waals surface area contributed by atoms with Gasteiger partial charge in [0, 0.05) is 18.2 Å². The summed E-state index contributed by atoms with van der Waals surface area (Å²) in [5.74, 6) is -0.332. The van der Waals surface area contributed by atoms with Gasteiger partial charge in [-0.2, -0.15) is 0 Å². The van der Waals surface area contributed by atoms with Gasteiger partial charge in [0.15, 0.2) is 0 Å². The molecule has 0 aliphatic heterocycles. The average Bonchev–Trinajstić information content (AvgIpc) is 2.32. The van der Waals surface area contributed by atoms with E-state index >= 15 is 0 Å². The molecule has 0 unspecified atom stereocenters. The molecule has 0 aliphatic carbocycles. The SMILES string of the molecule is COCCONC(=O)/C=C/c1cccc(Cl)c1. The Hall–Kier alpha value is -1.36. The molecular formula is C12H14ClNO3. The van der Waals surface area contributed by atoms with Crippen LogP contribution in [0.5, 0.6) is 0 Å². The first kappa shape index (κ1) is 13.7. The van der Waals surface area contributed by atoms with E-state index in [1.807, 2.05) is 12.1 Å². The summed E-state index contributed by atoms with van der Waals surface area (Å²) in [6.07, 6.45) is 3.03. The molecule has 0 bridgehead atoms. The molecule has 0 atom stereocenters. The van der Waals surface area contributed by atoms with Gasteiger partial charge in [-0.25, -0.2) is 5.48 Å². The number of methoxy groups -OCH3 is 1. The van der Waals surface area contributed by atoms with Gasteiger partial charge in [-0.15, -0.1) is 0 Å². The van der Waals surface area contributed by atoms with E-state index in [0.717, 1.165) is 5.56 Å². The molecule has 17 heavy (non-hydrogen) atoms. The summed E-state index contributed by atoms with van der Waals surface area (Å²) in [4.78, 5) is 16.1. The first-order valence-electron chi connectivity index (χ1n) is 5.06. The molecule has 0 saturated carbocycles. The van der Waals surface area contributed by atoms with E-state index in [9.17, 15) is 4.79 Å². The molecule has 0 aliphatic rings. The number of carbonyl (C=O) groups is 1. The summed E-state index contributed by atoms with van der Waals surface area (Å²) in [6.45, 7) is 0.742. The van der Waals surface area contributed by atoms with Crippen LogP contribution < -0.4 is 5.48 Å². The molecule has 5 heteroatoms. The Morgan fingerprint density at radius 2 is 2.29 bits per heavy atom. The monoisotopic (exact) mass is 255 g/mol. The predicted octanol–water partition coefficient (Wildman–Crippen LogP) is 2.05. The Morgan fingerprint density at radius 3 is 3.00 bits per heavy atom. The second-order valence-electron chi connectivity index (χ2n) is 3.20. The lowest BCUT2D eigenvalue weighted by Crippen LogP contribution is -2.23. The maximum absolute atomic E-state index is 11.3. The highest BCUT2D eigenvalue weighted by Gasteiger charge is 1.95. The van der Waals surface area contributed by atoms with Gasteiger partial charge in [-0.05, 0) is 23.8 Å². The van der Waals surface area contributed by atoms with E-state index in [-0.39, 0.29) is 5.91 Å². The quantitative estimate of drug-likeness (QED) is 0.481. The molecule has 1 rings (SSSR count). The summed E-state index contributed by atoms with van der Waals surface area (Å²) in [5, 5.41) is 0.629. The number of benzene rings is 1. The summed E-state index contributed by atoms with van der Waals surface area (Å²) < 4.78 is 4.76. The number of carbonyl (C=O) groups excluding carboxylic acids is 1. The number of halogens is 1. The minimum absolute atomic E-state index is 0.313. The third-order valence-electron chi connectivity index (χ3n) is 1.84. The maximum Gasteiger partial charge on any atom is 0.267 e. The van der Waals surface area contributed by atoms with Crippen molar-refractivity contribution < 1.29 is 14.4 Å². The Labute approximate surface area is 105 Å². The molecule has 1 N–H and O–H groups in total. The van der Waals surface area contributed by atoms with E-state index in [4.69, 9.17) is 21.2 Å². The Morgan fingerprint density at radius 1 is 1.47 bits per heavy atom. The van der Waals surface area contributed by atoms with E-state index < -0.39 is 0 Å². The fourth-order valence-corrected chi connectivity index (χ4v) is 1.26. The molecule has 0 radical (unpaired) electrons. The van der Waals surface area contributed by atoms with Crippen molar-refractivity contribution in [1.29, 1.82) is 0 Å².